The Labute approximate surface area is 858 Å². The molecule has 19 nitrogen and oxygen atoms in total. The quantitative estimate of drug-likeness (QED) is 0.0240. The molecular formula is C110H78Cl9F4N19. The average Bonchev–Trinajstić information content (AvgIpc) is 0.780. The number of hydrogen-bond donors (Lipinski definition) is 5. The van der Waals surface area contributed by atoms with Crippen molar-refractivity contribution in [1.29, 1.82) is 0 Å². The van der Waals surface area contributed by atoms with Gasteiger partial charge in [-0.25, -0.2) is 67.4 Å². The van der Waals surface area contributed by atoms with Gasteiger partial charge in [0.1, 0.15) is 0 Å². The number of hydrogen-bond acceptors (Lipinski definition) is 19. The van der Waals surface area contributed by atoms with Crippen LogP contribution in [0.5, 0.6) is 0 Å². The van der Waals surface area contributed by atoms with Gasteiger partial charge in [-0.15, -0.1) is 0 Å². The zero-order chi connectivity index (χ0) is 99.2. The van der Waals surface area contributed by atoms with Crippen molar-refractivity contribution in [3.63, 3.8) is 0 Å². The summed E-state index contributed by atoms with van der Waals surface area (Å²) in [6.07, 6.45) is 4.31. The SMILES string of the molecule is CC(Nc1nc(Cl)ncc1F)c1cc2cccc(Cl)c2nc1-c1ccccc1Cl.CC(Nc1nc(N)ncc1F)c1cc2cccc(Cl)c2nc1-c1ccccc1Cl.CC(Nc1nc(N=C(c2ccccc2)c2ccccc2)ncc1F)c1cc2cccc(Cl)c2nc1-c1ccccc1Cl.CC(Nc1nc(N=C(c2ccccc2)c2ccccc2)ncc1F)c1cc2cccc(Cl)c2nc1-c1ccccc1Cl. The molecule has 4 atom stereocenters. The lowest BCUT2D eigenvalue weighted by Crippen LogP contribution is -2.13. The van der Waals surface area contributed by atoms with Crippen molar-refractivity contribution in [2.24, 2.45) is 9.98 Å². The summed E-state index contributed by atoms with van der Waals surface area (Å²) in [7, 11) is 0. The molecule has 704 valence electrons. The number of rotatable bonds is 22. The number of aliphatic imine (C=N–C) groups is 2. The molecule has 32 heteroatoms. The van der Waals surface area contributed by atoms with E-state index in [-0.39, 0.29) is 58.5 Å². The van der Waals surface area contributed by atoms with E-state index in [4.69, 9.17) is 140 Å². The summed E-state index contributed by atoms with van der Waals surface area (Å²) in [6.45, 7) is 7.59. The molecule has 0 aliphatic rings. The number of nitrogens with zero attached hydrogens (tertiary/aromatic N) is 14. The Morgan fingerprint density at radius 2 is 0.493 bits per heavy atom. The smallest absolute Gasteiger partial charge is 0.252 e. The third-order valence-corrected chi connectivity index (χ3v) is 25.4. The molecule has 0 aliphatic heterocycles. The Morgan fingerprint density at radius 3 is 0.768 bits per heavy atom. The van der Waals surface area contributed by atoms with Crippen LogP contribution in [0.3, 0.4) is 0 Å². The first-order chi connectivity index (χ1) is 68.8. The number of benzene rings is 12. The van der Waals surface area contributed by atoms with E-state index in [0.717, 1.165) is 113 Å². The van der Waals surface area contributed by atoms with Crippen LogP contribution in [0, 0.1) is 23.3 Å². The van der Waals surface area contributed by atoms with E-state index >= 15 is 8.78 Å². The fourth-order valence-electron chi connectivity index (χ4n) is 15.8. The first kappa shape index (κ1) is 98.9. The van der Waals surface area contributed by atoms with Gasteiger partial charge in [0.2, 0.25) is 11.2 Å². The summed E-state index contributed by atoms with van der Waals surface area (Å²) in [4.78, 5) is 61.4. The zero-order valence-electron chi connectivity index (χ0n) is 75.4. The summed E-state index contributed by atoms with van der Waals surface area (Å²) in [5.41, 5.74) is 22.0. The number of anilines is 5. The van der Waals surface area contributed by atoms with Gasteiger partial charge >= 0.3 is 0 Å². The van der Waals surface area contributed by atoms with E-state index in [1.165, 1.54) is 0 Å². The molecule has 20 rings (SSSR count). The molecule has 12 aromatic carbocycles. The van der Waals surface area contributed by atoms with Gasteiger partial charge in [-0.3, -0.25) is 0 Å². The van der Waals surface area contributed by atoms with Crippen molar-refractivity contribution in [2.45, 2.75) is 51.9 Å². The first-order valence-electron chi connectivity index (χ1n) is 44.2. The second-order valence-electron chi connectivity index (χ2n) is 32.2. The third-order valence-electron chi connectivity index (χ3n) is 22.7. The maximum atomic E-state index is 15.1. The number of nitrogen functional groups attached to an aromatic ring is 1. The number of nitrogens with two attached hydrogens (primary N) is 1. The summed E-state index contributed by atoms with van der Waals surface area (Å²) >= 11 is 57.6. The molecule has 0 aliphatic carbocycles. The van der Waals surface area contributed by atoms with E-state index in [0.29, 0.717) is 96.4 Å². The lowest BCUT2D eigenvalue weighted by Gasteiger charge is -2.20. The number of pyridine rings is 4. The van der Waals surface area contributed by atoms with Gasteiger partial charge in [-0.2, -0.15) is 19.9 Å². The number of halogens is 13. The van der Waals surface area contributed by atoms with Crippen LogP contribution in [0.4, 0.5) is 58.7 Å². The Kier molecular flexibility index (Phi) is 31.5. The van der Waals surface area contributed by atoms with E-state index < -0.39 is 35.4 Å². The highest BCUT2D eigenvalue weighted by Gasteiger charge is 2.27. The lowest BCUT2D eigenvalue weighted by atomic mass is 9.98. The highest BCUT2D eigenvalue weighted by atomic mass is 35.5. The number of para-hydroxylation sites is 4. The van der Waals surface area contributed by atoms with Crippen molar-refractivity contribution in [3.8, 4) is 45.0 Å². The van der Waals surface area contributed by atoms with Gasteiger partial charge in [-0.1, -0.05) is 335 Å². The van der Waals surface area contributed by atoms with E-state index in [2.05, 4.69) is 61.1 Å². The summed E-state index contributed by atoms with van der Waals surface area (Å²) in [6, 6.07) is 97.4. The molecule has 20 aromatic rings. The molecule has 8 heterocycles. The first-order valence-corrected chi connectivity index (χ1v) is 47.6. The molecule has 0 bridgehead atoms. The number of nitrogens with one attached hydrogen (secondary N) is 4. The fourth-order valence-corrected chi connectivity index (χ4v) is 17.7. The van der Waals surface area contributed by atoms with Crippen molar-refractivity contribution < 1.29 is 17.6 Å². The molecule has 0 spiro atoms. The molecular weight excluding hydrogens is 1980 g/mol. The van der Waals surface area contributed by atoms with Crippen LogP contribution < -0.4 is 27.0 Å². The molecule has 8 aromatic heterocycles. The maximum absolute atomic E-state index is 15.1. The predicted octanol–water partition coefficient (Wildman–Crippen LogP) is 31.8. The molecule has 0 saturated carbocycles. The highest BCUT2D eigenvalue weighted by Crippen LogP contribution is 2.44. The van der Waals surface area contributed by atoms with Crippen LogP contribution in [0.1, 0.15) is 96.4 Å². The highest BCUT2D eigenvalue weighted by molar-refractivity contribution is 6.38. The van der Waals surface area contributed by atoms with Crippen LogP contribution in [0.15, 0.2) is 350 Å². The summed E-state index contributed by atoms with van der Waals surface area (Å²) in [5, 5.41) is 20.3. The standard InChI is InChI=1S/2C34H24Cl2FN5.C21H14Cl3FN4.C21H16Cl2FN5/c2*1-21(26-19-24-15-10-18-28(36)31(24)40-32(26)25-16-8-9-17-27(25)35)39-33-29(37)20-38-34(42-33)41-30(22-11-4-2-5-12-22)23-13-6-3-7-14-23;1-11(27-20-17(25)10-26-21(24)29-20)14-9-12-5-4-8-16(23)18(12)28-19(14)13-6-2-3-7-15(13)22;1-11(27-20-17(24)10-26-21(25)29-20)14-9-12-5-4-8-16(23)18(12)28-19(14)13-6-2-3-7-15(13)22/h2*2-21H,1H3,(H,38,39,42);2-11H,1H3,(H,26,27,29);2-11H,1H3,(H3,25,26,27,29). The van der Waals surface area contributed by atoms with Crippen molar-refractivity contribution in [2.75, 3.05) is 27.0 Å². The minimum absolute atomic E-state index is 0.00815. The van der Waals surface area contributed by atoms with Crippen LogP contribution in [-0.4, -0.2) is 71.2 Å². The zero-order valence-corrected chi connectivity index (χ0v) is 82.2. The molecule has 4 unspecified atom stereocenters. The Bertz CT molecular complexity index is 7560. The van der Waals surface area contributed by atoms with Crippen LogP contribution in [-0.2, 0) is 0 Å². The van der Waals surface area contributed by atoms with Gasteiger partial charge < -0.3 is 27.0 Å². The Hall–Kier alpha value is -14.7. The largest absolute Gasteiger partial charge is 0.368 e. The van der Waals surface area contributed by atoms with E-state index in [1.807, 2.05) is 307 Å². The van der Waals surface area contributed by atoms with Gasteiger partial charge in [0.15, 0.2) is 46.5 Å². The van der Waals surface area contributed by atoms with Gasteiger partial charge in [0.25, 0.3) is 11.9 Å². The second-order valence-corrected chi connectivity index (χ2v) is 35.8. The Morgan fingerprint density at radius 1 is 0.261 bits per heavy atom. The van der Waals surface area contributed by atoms with Crippen LogP contribution in [0.25, 0.3) is 88.6 Å². The second kappa shape index (κ2) is 45.2. The van der Waals surface area contributed by atoms with Crippen molar-refractivity contribution >= 4 is 201 Å². The molecule has 0 fully saturated rings. The molecule has 0 saturated heterocycles. The summed E-state index contributed by atoms with van der Waals surface area (Å²) < 4.78 is 58.5. The van der Waals surface area contributed by atoms with Crippen molar-refractivity contribution in [3.05, 3.63) is 453 Å². The van der Waals surface area contributed by atoms with E-state index in [9.17, 15) is 8.78 Å². The summed E-state index contributed by atoms with van der Waals surface area (Å²) in [5.74, 6) is -2.09. The van der Waals surface area contributed by atoms with E-state index in [1.54, 1.807) is 36.4 Å². The predicted molar refractivity (Wildman–Crippen MR) is 571 cm³/mol. The maximum Gasteiger partial charge on any atom is 0.252 e. The third kappa shape index (κ3) is 23.1. The fraction of sp³-hybridized carbons (Fsp3) is 0.0727. The van der Waals surface area contributed by atoms with Gasteiger partial charge in [-0.05, 0) is 112 Å². The Balaban J connectivity index is 0.000000132. The molecule has 0 amide bonds. The topological polar surface area (TPSA) is 254 Å². The molecule has 142 heavy (non-hydrogen) atoms. The minimum atomic E-state index is -0.600. The average molecular weight is 2060 g/mol. The number of fused-ring (bicyclic) bond motifs is 4. The normalized spacial score (nSPS) is 11.9. The van der Waals surface area contributed by atoms with Gasteiger partial charge in [0.05, 0.1) is 125 Å². The monoisotopic (exact) mass is 2060 g/mol. The lowest BCUT2D eigenvalue weighted by molar-refractivity contribution is 0.613. The minimum Gasteiger partial charge on any atom is -0.368 e. The van der Waals surface area contributed by atoms with Gasteiger partial charge in [0, 0.05) is 108 Å². The van der Waals surface area contributed by atoms with Crippen molar-refractivity contribution in [1.82, 2.24) is 59.8 Å². The number of aromatic nitrogens is 12. The molecule has 6 N–H and O–H groups in total. The van der Waals surface area contributed by atoms with Crippen LogP contribution >= 0.6 is 104 Å². The molecule has 0 radical (unpaired) electrons. The van der Waals surface area contributed by atoms with Crippen LogP contribution in [0.2, 0.25) is 45.5 Å².